The van der Waals surface area contributed by atoms with Crippen molar-refractivity contribution < 1.29 is 9.53 Å². The molecule has 2 nitrogen and oxygen atoms in total. The summed E-state index contributed by atoms with van der Waals surface area (Å²) in [4.78, 5) is 10.9. The van der Waals surface area contributed by atoms with Crippen LogP contribution in [0, 0.1) is 0 Å². The number of aryl methyl sites for hydroxylation is 1. The molecule has 0 aliphatic rings. The van der Waals surface area contributed by atoms with Gasteiger partial charge in [-0.15, -0.1) is 0 Å². The van der Waals surface area contributed by atoms with Gasteiger partial charge in [-0.3, -0.25) is 0 Å². The predicted molar refractivity (Wildman–Crippen MR) is 69.9 cm³/mol. The van der Waals surface area contributed by atoms with Crippen LogP contribution < -0.4 is 0 Å². The maximum Gasteiger partial charge on any atom is 0.331 e. The molecule has 0 aliphatic heterocycles. The fourth-order valence-corrected chi connectivity index (χ4v) is 1.75. The molecule has 92 valence electrons. The van der Waals surface area contributed by atoms with Crippen molar-refractivity contribution in [1.82, 2.24) is 0 Å². The van der Waals surface area contributed by atoms with E-state index < -0.39 is 5.97 Å². The fraction of sp³-hybridized carbons (Fsp3) is 0.357. The Hall–Kier alpha value is -1.28. The summed E-state index contributed by atoms with van der Waals surface area (Å²) in [5.74, 6) is -0.391. The molecule has 1 aromatic carbocycles. The zero-order chi connectivity index (χ0) is 12.5. The topological polar surface area (TPSA) is 26.3 Å². The summed E-state index contributed by atoms with van der Waals surface area (Å²) in [5, 5.41) is 0.560. The van der Waals surface area contributed by atoms with Crippen LogP contribution in [0.2, 0.25) is 0 Å². The van der Waals surface area contributed by atoms with Crippen molar-refractivity contribution in [3.63, 3.8) is 0 Å². The second-order valence-electron chi connectivity index (χ2n) is 3.81. The molecule has 17 heavy (non-hydrogen) atoms. The molecule has 0 heterocycles. The molecule has 0 atom stereocenters. The first-order valence-corrected chi connectivity index (χ1v) is 6.08. The summed E-state index contributed by atoms with van der Waals surface area (Å²) in [7, 11) is 1.35. The highest BCUT2D eigenvalue weighted by Gasteiger charge is 1.99. The molecule has 0 amide bonds. The second-order valence-corrected chi connectivity index (χ2v) is 4.29. The molecule has 1 aromatic rings. The van der Waals surface area contributed by atoms with Crippen LogP contribution in [0.1, 0.15) is 24.8 Å². The highest BCUT2D eigenvalue weighted by atomic mass is 35.5. The van der Waals surface area contributed by atoms with Crippen LogP contribution >= 0.6 is 11.6 Å². The van der Waals surface area contributed by atoms with Crippen LogP contribution in [0.5, 0.6) is 0 Å². The number of carbonyl (C=O) groups is 1. The van der Waals surface area contributed by atoms with Crippen molar-refractivity contribution in [3.8, 4) is 0 Å². The van der Waals surface area contributed by atoms with Gasteiger partial charge < -0.3 is 4.74 Å². The van der Waals surface area contributed by atoms with E-state index in [1.807, 2.05) is 18.2 Å². The Kier molecular flexibility index (Phi) is 6.41. The Morgan fingerprint density at radius 3 is 2.65 bits per heavy atom. The highest BCUT2D eigenvalue weighted by molar-refractivity contribution is 6.30. The van der Waals surface area contributed by atoms with Crippen molar-refractivity contribution in [3.05, 3.63) is 47.0 Å². The lowest BCUT2D eigenvalue weighted by Crippen LogP contribution is -1.95. The molecule has 0 saturated carbocycles. The molecule has 0 fully saturated rings. The molecule has 0 unspecified atom stereocenters. The number of rotatable bonds is 6. The van der Waals surface area contributed by atoms with Crippen LogP contribution in [0.25, 0.3) is 0 Å². The van der Waals surface area contributed by atoms with Gasteiger partial charge in [0.05, 0.1) is 7.11 Å². The van der Waals surface area contributed by atoms with E-state index in [4.69, 9.17) is 11.6 Å². The lowest BCUT2D eigenvalue weighted by molar-refractivity contribution is -0.134. The predicted octanol–water partition coefficient (Wildman–Crippen LogP) is 3.70. The van der Waals surface area contributed by atoms with Gasteiger partial charge in [-0.25, -0.2) is 4.79 Å². The number of hydrogen-bond donors (Lipinski definition) is 0. The average Bonchev–Trinajstić information content (AvgIpc) is 2.36. The van der Waals surface area contributed by atoms with Gasteiger partial charge >= 0.3 is 5.97 Å². The maximum absolute atomic E-state index is 10.9. The van der Waals surface area contributed by atoms with E-state index in [-0.39, 0.29) is 0 Å². The number of methoxy groups -OCH3 is 1. The molecule has 3 heteroatoms. The molecular weight excluding hydrogens is 236 g/mol. The maximum atomic E-state index is 10.9. The number of allylic oxidation sites excluding steroid dienone is 1. The Labute approximate surface area is 107 Å². The van der Waals surface area contributed by atoms with Crippen molar-refractivity contribution in [2.75, 3.05) is 7.11 Å². The van der Waals surface area contributed by atoms with Gasteiger partial charge in [-0.05, 0) is 31.2 Å². The van der Waals surface area contributed by atoms with E-state index in [1.54, 1.807) is 0 Å². The minimum Gasteiger partial charge on any atom is -0.466 e. The van der Waals surface area contributed by atoms with E-state index in [0.717, 1.165) is 25.7 Å². The van der Waals surface area contributed by atoms with Gasteiger partial charge in [0, 0.05) is 11.1 Å². The van der Waals surface area contributed by atoms with E-state index in [1.165, 1.54) is 18.7 Å². The first-order valence-electron chi connectivity index (χ1n) is 5.70. The molecular formula is C14H17ClO2. The lowest BCUT2D eigenvalue weighted by Gasteiger charge is -2.01. The number of halogens is 1. The zero-order valence-corrected chi connectivity index (χ0v) is 10.7. The number of esters is 1. The van der Waals surface area contributed by atoms with Crippen LogP contribution in [0.4, 0.5) is 0 Å². The normalized spacial score (nSPS) is 11.3. The summed E-state index contributed by atoms with van der Waals surface area (Å²) in [6.45, 7) is 0. The number of benzene rings is 1. The number of hydrogen-bond acceptors (Lipinski definition) is 2. The Balaban J connectivity index is 2.20. The SMILES string of the molecule is COC(=O)/C=C(\Cl)CCCCc1ccccc1. The molecule has 0 spiro atoms. The first kappa shape index (κ1) is 13.8. The minimum absolute atomic E-state index is 0.391. The third kappa shape index (κ3) is 6.12. The molecule has 0 aromatic heterocycles. The third-order valence-corrected chi connectivity index (χ3v) is 2.75. The van der Waals surface area contributed by atoms with E-state index >= 15 is 0 Å². The standard InChI is InChI=1S/C14H17ClO2/c1-17-14(16)11-13(15)10-6-5-9-12-7-3-2-4-8-12/h2-4,7-8,11H,5-6,9-10H2,1H3/b13-11-. The summed E-state index contributed by atoms with van der Waals surface area (Å²) >= 11 is 5.90. The van der Waals surface area contributed by atoms with Crippen molar-refractivity contribution in [2.45, 2.75) is 25.7 Å². The largest absolute Gasteiger partial charge is 0.466 e. The highest BCUT2D eigenvalue weighted by Crippen LogP contribution is 2.14. The quantitative estimate of drug-likeness (QED) is 0.438. The molecule has 0 bridgehead atoms. The van der Waals surface area contributed by atoms with Gasteiger partial charge in [-0.2, -0.15) is 0 Å². The molecule has 1 rings (SSSR count). The Bertz CT molecular complexity index is 371. The fourth-order valence-electron chi connectivity index (χ4n) is 1.53. The summed E-state index contributed by atoms with van der Waals surface area (Å²) in [6, 6.07) is 10.3. The van der Waals surface area contributed by atoms with Crippen molar-refractivity contribution >= 4 is 17.6 Å². The average molecular weight is 253 g/mol. The van der Waals surface area contributed by atoms with Crippen LogP contribution in [0.15, 0.2) is 41.4 Å². The van der Waals surface area contributed by atoms with Gasteiger partial charge in [0.2, 0.25) is 0 Å². The monoisotopic (exact) mass is 252 g/mol. The molecule has 0 aliphatic carbocycles. The number of carbonyl (C=O) groups excluding carboxylic acids is 1. The van der Waals surface area contributed by atoms with E-state index in [2.05, 4.69) is 16.9 Å². The third-order valence-electron chi connectivity index (χ3n) is 2.45. The van der Waals surface area contributed by atoms with Gasteiger partial charge in [0.25, 0.3) is 0 Å². The number of ether oxygens (including phenoxy) is 1. The van der Waals surface area contributed by atoms with E-state index in [0.29, 0.717) is 5.03 Å². The second kappa shape index (κ2) is 7.91. The van der Waals surface area contributed by atoms with Crippen LogP contribution in [-0.4, -0.2) is 13.1 Å². The zero-order valence-electron chi connectivity index (χ0n) is 9.99. The van der Waals surface area contributed by atoms with Crippen LogP contribution in [0.3, 0.4) is 0 Å². The molecule has 0 radical (unpaired) electrons. The molecule has 0 N–H and O–H groups in total. The van der Waals surface area contributed by atoms with Crippen LogP contribution in [-0.2, 0) is 16.0 Å². The smallest absolute Gasteiger partial charge is 0.331 e. The summed E-state index contributed by atoms with van der Waals surface area (Å²) in [6.07, 6.45) is 5.15. The van der Waals surface area contributed by atoms with Gasteiger partial charge in [0.1, 0.15) is 0 Å². The first-order chi connectivity index (χ1) is 8.22. The summed E-state index contributed by atoms with van der Waals surface area (Å²) < 4.78 is 4.50. The number of unbranched alkanes of at least 4 members (excludes halogenated alkanes) is 1. The summed E-state index contributed by atoms with van der Waals surface area (Å²) in [5.41, 5.74) is 1.33. The van der Waals surface area contributed by atoms with Gasteiger partial charge in [-0.1, -0.05) is 41.9 Å². The Morgan fingerprint density at radius 1 is 1.29 bits per heavy atom. The Morgan fingerprint density at radius 2 is 2.00 bits per heavy atom. The minimum atomic E-state index is -0.391. The van der Waals surface area contributed by atoms with Gasteiger partial charge in [0.15, 0.2) is 0 Å². The molecule has 0 saturated heterocycles. The lowest BCUT2D eigenvalue weighted by atomic mass is 10.1. The van der Waals surface area contributed by atoms with Crippen molar-refractivity contribution in [1.29, 1.82) is 0 Å². The van der Waals surface area contributed by atoms with E-state index in [9.17, 15) is 4.79 Å². The van der Waals surface area contributed by atoms with Crippen molar-refractivity contribution in [2.24, 2.45) is 0 Å².